The van der Waals surface area contributed by atoms with E-state index in [2.05, 4.69) is 10.5 Å². The first-order valence-electron chi connectivity index (χ1n) is 5.99. The summed E-state index contributed by atoms with van der Waals surface area (Å²) < 4.78 is 4.97. The van der Waals surface area contributed by atoms with Crippen molar-refractivity contribution in [3.05, 3.63) is 17.0 Å². The Morgan fingerprint density at radius 1 is 1.53 bits per heavy atom. The van der Waals surface area contributed by atoms with E-state index in [0.29, 0.717) is 35.6 Å². The number of thioether (sulfide) groups is 1. The molecule has 0 aliphatic rings. The standard InChI is InChI=1S/C12H18N2O4S/c1-4-8-10(7(2)18-14-8)11(15)13-9(12(16)17)5-6-19-3/h9H,4-6H2,1-3H3,(H,13,15)(H,16,17). The van der Waals surface area contributed by atoms with E-state index in [-0.39, 0.29) is 0 Å². The van der Waals surface area contributed by atoms with Crippen molar-refractivity contribution in [2.24, 2.45) is 0 Å². The van der Waals surface area contributed by atoms with E-state index < -0.39 is 17.9 Å². The van der Waals surface area contributed by atoms with E-state index in [1.54, 1.807) is 6.92 Å². The predicted molar refractivity (Wildman–Crippen MR) is 72.5 cm³/mol. The van der Waals surface area contributed by atoms with Crippen LogP contribution in [-0.2, 0) is 11.2 Å². The molecule has 7 heteroatoms. The summed E-state index contributed by atoms with van der Waals surface area (Å²) in [6, 6.07) is -0.890. The first-order chi connectivity index (χ1) is 9.01. The van der Waals surface area contributed by atoms with Crippen LogP contribution >= 0.6 is 11.8 Å². The second-order valence-electron chi connectivity index (χ2n) is 4.06. The highest BCUT2D eigenvalue weighted by Gasteiger charge is 2.24. The Balaban J connectivity index is 2.81. The summed E-state index contributed by atoms with van der Waals surface area (Å²) in [6.07, 6.45) is 2.83. The van der Waals surface area contributed by atoms with Gasteiger partial charge in [-0.15, -0.1) is 0 Å². The van der Waals surface area contributed by atoms with Gasteiger partial charge in [0.05, 0.1) is 5.69 Å². The van der Waals surface area contributed by atoms with Gasteiger partial charge < -0.3 is 14.9 Å². The Morgan fingerprint density at radius 2 is 2.21 bits per heavy atom. The highest BCUT2D eigenvalue weighted by Crippen LogP contribution is 2.14. The van der Waals surface area contributed by atoms with E-state index in [0.717, 1.165) is 0 Å². The van der Waals surface area contributed by atoms with Crippen molar-refractivity contribution in [1.29, 1.82) is 0 Å². The van der Waals surface area contributed by atoms with Gasteiger partial charge in [-0.25, -0.2) is 4.79 Å². The molecule has 0 aliphatic heterocycles. The van der Waals surface area contributed by atoms with Gasteiger partial charge in [0, 0.05) is 0 Å². The van der Waals surface area contributed by atoms with Gasteiger partial charge in [-0.1, -0.05) is 12.1 Å². The van der Waals surface area contributed by atoms with E-state index in [9.17, 15) is 9.59 Å². The lowest BCUT2D eigenvalue weighted by atomic mass is 10.1. The quantitative estimate of drug-likeness (QED) is 0.788. The summed E-state index contributed by atoms with van der Waals surface area (Å²) in [5, 5.41) is 15.4. The molecular formula is C12H18N2O4S. The molecule has 2 N–H and O–H groups in total. The molecule has 19 heavy (non-hydrogen) atoms. The maximum absolute atomic E-state index is 12.1. The number of carboxylic acids is 1. The zero-order valence-corrected chi connectivity index (χ0v) is 12.0. The van der Waals surface area contributed by atoms with Crippen LogP contribution in [0.1, 0.15) is 35.2 Å². The van der Waals surface area contributed by atoms with Gasteiger partial charge >= 0.3 is 5.97 Å². The third-order valence-corrected chi connectivity index (χ3v) is 3.35. The maximum atomic E-state index is 12.1. The summed E-state index contributed by atoms with van der Waals surface area (Å²) >= 11 is 1.54. The molecule has 0 aromatic carbocycles. The van der Waals surface area contributed by atoms with Gasteiger partial charge in [-0.3, -0.25) is 4.79 Å². The van der Waals surface area contributed by atoms with Gasteiger partial charge in [-0.2, -0.15) is 11.8 Å². The van der Waals surface area contributed by atoms with Crippen LogP contribution in [-0.4, -0.2) is 40.2 Å². The number of carbonyl (C=O) groups excluding carboxylic acids is 1. The van der Waals surface area contributed by atoms with Crippen LogP contribution in [0.2, 0.25) is 0 Å². The van der Waals surface area contributed by atoms with E-state index in [1.807, 2.05) is 13.2 Å². The second-order valence-corrected chi connectivity index (χ2v) is 5.05. The molecule has 0 fully saturated rings. The summed E-state index contributed by atoms with van der Waals surface area (Å²) in [6.45, 7) is 3.50. The number of aryl methyl sites for hydroxylation is 2. The molecule has 0 saturated carbocycles. The summed E-state index contributed by atoms with van der Waals surface area (Å²) in [7, 11) is 0. The van der Waals surface area contributed by atoms with Crippen LogP contribution in [0.4, 0.5) is 0 Å². The van der Waals surface area contributed by atoms with Crippen molar-refractivity contribution >= 4 is 23.6 Å². The molecule has 0 radical (unpaired) electrons. The van der Waals surface area contributed by atoms with Crippen LogP contribution in [0.25, 0.3) is 0 Å². The highest BCUT2D eigenvalue weighted by molar-refractivity contribution is 7.98. The third kappa shape index (κ3) is 3.99. The van der Waals surface area contributed by atoms with E-state index in [1.165, 1.54) is 11.8 Å². The van der Waals surface area contributed by atoms with Crippen LogP contribution in [0, 0.1) is 6.92 Å². The van der Waals surface area contributed by atoms with Gasteiger partial charge in [0.2, 0.25) is 0 Å². The van der Waals surface area contributed by atoms with Gasteiger partial charge in [0.25, 0.3) is 5.91 Å². The number of amides is 1. The monoisotopic (exact) mass is 286 g/mol. The molecule has 1 atom stereocenters. The van der Waals surface area contributed by atoms with Crippen molar-refractivity contribution < 1.29 is 19.2 Å². The number of nitrogens with zero attached hydrogens (tertiary/aromatic N) is 1. The summed E-state index contributed by atoms with van der Waals surface area (Å²) in [5.74, 6) is -0.400. The Kier molecular flexibility index (Phi) is 5.88. The molecule has 6 nitrogen and oxygen atoms in total. The van der Waals surface area contributed by atoms with Crippen LogP contribution in [0.15, 0.2) is 4.52 Å². The Hall–Kier alpha value is -1.50. The molecule has 0 aliphatic carbocycles. The lowest BCUT2D eigenvalue weighted by Crippen LogP contribution is -2.41. The molecule has 0 spiro atoms. The van der Waals surface area contributed by atoms with Crippen molar-refractivity contribution in [3.63, 3.8) is 0 Å². The summed E-state index contributed by atoms with van der Waals surface area (Å²) in [5.41, 5.74) is 0.891. The largest absolute Gasteiger partial charge is 0.480 e. The first kappa shape index (κ1) is 15.6. The highest BCUT2D eigenvalue weighted by atomic mass is 32.2. The fourth-order valence-corrected chi connectivity index (χ4v) is 2.15. The SMILES string of the molecule is CCc1noc(C)c1C(=O)NC(CCSC)C(=O)O. The average molecular weight is 286 g/mol. The van der Waals surface area contributed by atoms with Crippen molar-refractivity contribution in [2.45, 2.75) is 32.7 Å². The van der Waals surface area contributed by atoms with Crippen molar-refractivity contribution in [3.8, 4) is 0 Å². The third-order valence-electron chi connectivity index (χ3n) is 2.71. The molecule has 0 saturated heterocycles. The van der Waals surface area contributed by atoms with Crippen LogP contribution in [0.3, 0.4) is 0 Å². The molecule has 1 rings (SSSR count). The van der Waals surface area contributed by atoms with Gasteiger partial charge in [-0.05, 0) is 31.8 Å². The number of hydrogen-bond acceptors (Lipinski definition) is 5. The van der Waals surface area contributed by atoms with E-state index >= 15 is 0 Å². The second kappa shape index (κ2) is 7.18. The van der Waals surface area contributed by atoms with E-state index in [4.69, 9.17) is 9.63 Å². The van der Waals surface area contributed by atoms with Crippen molar-refractivity contribution in [1.82, 2.24) is 10.5 Å². The number of nitrogens with one attached hydrogen (secondary N) is 1. The minimum absolute atomic E-state index is 0.345. The van der Waals surface area contributed by atoms with Crippen LogP contribution < -0.4 is 5.32 Å². The number of hydrogen-bond donors (Lipinski definition) is 2. The number of carbonyl (C=O) groups is 2. The minimum atomic E-state index is -1.03. The number of aromatic nitrogens is 1. The zero-order valence-electron chi connectivity index (χ0n) is 11.2. The van der Waals surface area contributed by atoms with Crippen molar-refractivity contribution in [2.75, 3.05) is 12.0 Å². The van der Waals surface area contributed by atoms with Gasteiger partial charge in [0.15, 0.2) is 0 Å². The molecule has 1 aromatic heterocycles. The first-order valence-corrected chi connectivity index (χ1v) is 7.38. The Labute approximate surface area is 115 Å². The minimum Gasteiger partial charge on any atom is -0.480 e. The molecule has 1 aromatic rings. The topological polar surface area (TPSA) is 92.4 Å². The maximum Gasteiger partial charge on any atom is 0.326 e. The number of carboxylic acid groups (broad SMARTS) is 1. The average Bonchev–Trinajstić information content (AvgIpc) is 2.75. The fourth-order valence-electron chi connectivity index (χ4n) is 1.67. The molecule has 1 heterocycles. The number of aliphatic carboxylic acids is 1. The molecule has 106 valence electrons. The van der Waals surface area contributed by atoms with Crippen LogP contribution in [0.5, 0.6) is 0 Å². The van der Waals surface area contributed by atoms with Gasteiger partial charge in [0.1, 0.15) is 17.4 Å². The number of rotatable bonds is 7. The molecule has 1 amide bonds. The fraction of sp³-hybridized carbons (Fsp3) is 0.583. The molecule has 0 bridgehead atoms. The molecular weight excluding hydrogens is 268 g/mol. The lowest BCUT2D eigenvalue weighted by Gasteiger charge is -2.13. The smallest absolute Gasteiger partial charge is 0.326 e. The Bertz CT molecular complexity index is 459. The lowest BCUT2D eigenvalue weighted by molar-refractivity contribution is -0.139. The summed E-state index contributed by atoms with van der Waals surface area (Å²) in [4.78, 5) is 23.2. The molecule has 1 unspecified atom stereocenters. The predicted octanol–water partition coefficient (Wildman–Crippen LogP) is 1.48. The Morgan fingerprint density at radius 3 is 2.74 bits per heavy atom. The normalized spacial score (nSPS) is 12.2. The zero-order chi connectivity index (χ0) is 14.4.